The standard InChI is InChI=1S/C21H20ClN5O2/c1-2-29-18-7-8-19-14(12-18)11-15(13-23)20(27-19)24-9-10-25-21(28)26-17-5-3-16(22)4-6-17/h3-8,11-12H,2,9-10H2,1H3,(H,24,27)(H2,25,26,28)/p+1. The summed E-state index contributed by atoms with van der Waals surface area (Å²) in [5.74, 6) is 1.36. The van der Waals surface area contributed by atoms with E-state index in [9.17, 15) is 10.1 Å². The molecule has 29 heavy (non-hydrogen) atoms. The number of pyridine rings is 1. The summed E-state index contributed by atoms with van der Waals surface area (Å²) in [5.41, 5.74) is 2.01. The van der Waals surface area contributed by atoms with E-state index >= 15 is 0 Å². The highest BCUT2D eigenvalue weighted by molar-refractivity contribution is 6.30. The Hall–Kier alpha value is -3.50. The van der Waals surface area contributed by atoms with Crippen molar-refractivity contribution in [2.24, 2.45) is 0 Å². The van der Waals surface area contributed by atoms with Crippen LogP contribution in [0.3, 0.4) is 0 Å². The Bertz CT molecular complexity index is 1050. The van der Waals surface area contributed by atoms with Gasteiger partial charge in [0.1, 0.15) is 29.4 Å². The van der Waals surface area contributed by atoms with Gasteiger partial charge in [0.05, 0.1) is 13.2 Å². The maximum Gasteiger partial charge on any atom is 0.319 e. The monoisotopic (exact) mass is 410 g/mol. The van der Waals surface area contributed by atoms with Crippen molar-refractivity contribution < 1.29 is 14.5 Å². The zero-order valence-corrected chi connectivity index (χ0v) is 16.6. The summed E-state index contributed by atoms with van der Waals surface area (Å²) >= 11 is 5.82. The third-order valence-electron chi connectivity index (χ3n) is 4.10. The predicted octanol–water partition coefficient (Wildman–Crippen LogP) is 3.81. The number of urea groups is 1. The van der Waals surface area contributed by atoms with Crippen molar-refractivity contribution in [2.75, 3.05) is 30.3 Å². The highest BCUT2D eigenvalue weighted by atomic mass is 35.5. The second kappa shape index (κ2) is 9.62. The van der Waals surface area contributed by atoms with Crippen LogP contribution in [0.25, 0.3) is 10.9 Å². The summed E-state index contributed by atoms with van der Waals surface area (Å²) < 4.78 is 5.50. The second-order valence-corrected chi connectivity index (χ2v) is 6.60. The van der Waals surface area contributed by atoms with Crippen molar-refractivity contribution in [1.29, 1.82) is 5.26 Å². The van der Waals surface area contributed by atoms with Gasteiger partial charge >= 0.3 is 6.03 Å². The molecule has 4 N–H and O–H groups in total. The highest BCUT2D eigenvalue weighted by Crippen LogP contribution is 2.21. The third kappa shape index (κ3) is 5.50. The number of halogens is 1. The van der Waals surface area contributed by atoms with Gasteiger partial charge in [0.25, 0.3) is 5.82 Å². The number of hydrogen-bond acceptors (Lipinski definition) is 4. The lowest BCUT2D eigenvalue weighted by atomic mass is 10.1. The molecule has 0 atom stereocenters. The number of nitriles is 1. The number of H-pyrrole nitrogens is 1. The van der Waals surface area contributed by atoms with Gasteiger partial charge in [-0.1, -0.05) is 11.6 Å². The second-order valence-electron chi connectivity index (χ2n) is 6.17. The van der Waals surface area contributed by atoms with Crippen LogP contribution >= 0.6 is 11.6 Å². The van der Waals surface area contributed by atoms with Crippen LogP contribution in [0, 0.1) is 11.3 Å². The van der Waals surface area contributed by atoms with Gasteiger partial charge in [0.15, 0.2) is 0 Å². The maximum absolute atomic E-state index is 11.9. The number of hydrogen-bond donors (Lipinski definition) is 3. The predicted molar refractivity (Wildman–Crippen MR) is 113 cm³/mol. The summed E-state index contributed by atoms with van der Waals surface area (Å²) in [6, 6.07) is 16.2. The first-order chi connectivity index (χ1) is 14.1. The molecule has 3 rings (SSSR count). The molecule has 1 heterocycles. The van der Waals surface area contributed by atoms with E-state index in [1.165, 1.54) is 0 Å². The number of fused-ring (bicyclic) bond motifs is 1. The summed E-state index contributed by atoms with van der Waals surface area (Å²) in [6.45, 7) is 3.33. The topological polar surface area (TPSA) is 100 Å². The van der Waals surface area contributed by atoms with Crippen LogP contribution < -0.4 is 25.7 Å². The van der Waals surface area contributed by atoms with Crippen LogP contribution in [0.4, 0.5) is 16.3 Å². The molecule has 0 radical (unpaired) electrons. The van der Waals surface area contributed by atoms with Crippen LogP contribution in [-0.4, -0.2) is 25.7 Å². The molecule has 0 fully saturated rings. The molecular formula is C21H21ClN5O2+. The Morgan fingerprint density at radius 3 is 2.69 bits per heavy atom. The Morgan fingerprint density at radius 1 is 1.17 bits per heavy atom. The van der Waals surface area contributed by atoms with E-state index in [4.69, 9.17) is 16.3 Å². The molecule has 0 unspecified atom stereocenters. The van der Waals surface area contributed by atoms with E-state index in [-0.39, 0.29) is 6.03 Å². The fourth-order valence-electron chi connectivity index (χ4n) is 2.76. The number of ether oxygens (including phenoxy) is 1. The van der Waals surface area contributed by atoms with Gasteiger partial charge in [-0.15, -0.1) is 0 Å². The zero-order chi connectivity index (χ0) is 20.6. The number of aromatic nitrogens is 1. The molecule has 148 valence electrons. The van der Waals surface area contributed by atoms with Gasteiger partial charge in [-0.3, -0.25) is 5.32 Å². The number of carbonyl (C=O) groups excluding carboxylic acids is 1. The van der Waals surface area contributed by atoms with E-state index in [1.54, 1.807) is 30.3 Å². The molecule has 0 spiro atoms. The average molecular weight is 411 g/mol. The molecule has 7 nitrogen and oxygen atoms in total. The van der Waals surface area contributed by atoms with Gasteiger partial charge in [0.2, 0.25) is 0 Å². The van der Waals surface area contributed by atoms with Crippen LogP contribution in [0.2, 0.25) is 5.02 Å². The zero-order valence-electron chi connectivity index (χ0n) is 15.9. The van der Waals surface area contributed by atoms with Crippen molar-refractivity contribution in [3.05, 3.63) is 59.1 Å². The Kier molecular flexibility index (Phi) is 6.72. The number of anilines is 2. The van der Waals surface area contributed by atoms with E-state index in [0.29, 0.717) is 41.8 Å². The quantitative estimate of drug-likeness (QED) is 0.515. The molecule has 0 bridgehead atoms. The molecule has 1 aromatic heterocycles. The fraction of sp³-hybridized carbons (Fsp3) is 0.190. The lowest BCUT2D eigenvalue weighted by Gasteiger charge is -2.08. The minimum atomic E-state index is -0.319. The number of benzene rings is 2. The van der Waals surface area contributed by atoms with E-state index < -0.39 is 0 Å². The largest absolute Gasteiger partial charge is 0.494 e. The normalized spacial score (nSPS) is 10.2. The Morgan fingerprint density at radius 2 is 1.97 bits per heavy atom. The molecule has 0 aliphatic rings. The summed E-state index contributed by atoms with van der Waals surface area (Å²) in [6.07, 6.45) is 0. The van der Waals surface area contributed by atoms with Crippen LogP contribution in [0.1, 0.15) is 12.5 Å². The van der Waals surface area contributed by atoms with Gasteiger partial charge < -0.3 is 15.4 Å². The van der Waals surface area contributed by atoms with Crippen LogP contribution in [0.5, 0.6) is 5.75 Å². The van der Waals surface area contributed by atoms with Crippen molar-refractivity contribution >= 4 is 40.0 Å². The van der Waals surface area contributed by atoms with E-state index in [1.807, 2.05) is 25.1 Å². The minimum Gasteiger partial charge on any atom is -0.494 e. The van der Waals surface area contributed by atoms with E-state index in [0.717, 1.165) is 16.7 Å². The maximum atomic E-state index is 11.9. The van der Waals surface area contributed by atoms with Gasteiger partial charge in [-0.25, -0.2) is 9.78 Å². The summed E-state index contributed by atoms with van der Waals surface area (Å²) in [7, 11) is 0. The van der Waals surface area contributed by atoms with Crippen LogP contribution in [-0.2, 0) is 0 Å². The van der Waals surface area contributed by atoms with Crippen molar-refractivity contribution in [2.45, 2.75) is 6.92 Å². The Balaban J connectivity index is 1.57. The minimum absolute atomic E-state index is 0.319. The van der Waals surface area contributed by atoms with Crippen LogP contribution in [0.15, 0.2) is 48.5 Å². The molecular weight excluding hydrogens is 390 g/mol. The lowest BCUT2D eigenvalue weighted by molar-refractivity contribution is -0.327. The molecule has 2 amide bonds. The molecule has 0 aliphatic carbocycles. The molecule has 8 heteroatoms. The van der Waals surface area contributed by atoms with Crippen molar-refractivity contribution in [3.8, 4) is 11.8 Å². The molecule has 3 aromatic rings. The number of rotatable bonds is 7. The third-order valence-corrected chi connectivity index (χ3v) is 4.35. The van der Waals surface area contributed by atoms with Crippen molar-refractivity contribution in [3.63, 3.8) is 0 Å². The first-order valence-corrected chi connectivity index (χ1v) is 9.54. The van der Waals surface area contributed by atoms with Gasteiger partial charge in [-0.05, 0) is 55.5 Å². The van der Waals surface area contributed by atoms with Gasteiger partial charge in [0, 0.05) is 16.1 Å². The fourth-order valence-corrected chi connectivity index (χ4v) is 2.89. The molecule has 0 saturated carbocycles. The number of carbonyl (C=O) groups is 1. The number of nitrogens with zero attached hydrogens (tertiary/aromatic N) is 1. The van der Waals surface area contributed by atoms with Crippen molar-refractivity contribution in [1.82, 2.24) is 5.32 Å². The number of aromatic amines is 1. The van der Waals surface area contributed by atoms with E-state index in [2.05, 4.69) is 27.0 Å². The Labute approximate surface area is 173 Å². The SMILES string of the molecule is CCOc1ccc2[nH+]c(NCCNC(=O)Nc3ccc(Cl)cc3)c(C#N)cc2c1. The number of amides is 2. The first-order valence-electron chi connectivity index (χ1n) is 9.16. The summed E-state index contributed by atoms with van der Waals surface area (Å²) in [5, 5.41) is 19.6. The summed E-state index contributed by atoms with van der Waals surface area (Å²) in [4.78, 5) is 15.2. The molecule has 0 aliphatic heterocycles. The lowest BCUT2D eigenvalue weighted by Crippen LogP contribution is -2.33. The smallest absolute Gasteiger partial charge is 0.319 e. The average Bonchev–Trinajstić information content (AvgIpc) is 2.72. The highest BCUT2D eigenvalue weighted by Gasteiger charge is 2.13. The molecule has 0 saturated heterocycles. The number of nitrogens with one attached hydrogen (secondary N) is 4. The van der Waals surface area contributed by atoms with Gasteiger partial charge in [-0.2, -0.15) is 5.26 Å². The molecule has 2 aromatic carbocycles. The first kappa shape index (κ1) is 20.2.